The second-order valence-electron chi connectivity index (χ2n) is 6.65. The first kappa shape index (κ1) is 20.0. The molecule has 0 atom stereocenters. The molecule has 150 valence electrons. The Morgan fingerprint density at radius 3 is 2.63 bits per heavy atom. The molecule has 0 unspecified atom stereocenters. The first-order valence-electron chi connectivity index (χ1n) is 8.85. The van der Waals surface area contributed by atoms with E-state index in [-0.39, 0.29) is 5.02 Å². The molecule has 0 radical (unpaired) electrons. The van der Waals surface area contributed by atoms with Crippen molar-refractivity contribution in [1.29, 1.82) is 5.26 Å². The van der Waals surface area contributed by atoms with Crippen LogP contribution in [0.5, 0.6) is 0 Å². The lowest BCUT2D eigenvalue weighted by Crippen LogP contribution is -2.11. The van der Waals surface area contributed by atoms with Crippen LogP contribution in [0, 0.1) is 17.1 Å². The van der Waals surface area contributed by atoms with Crippen LogP contribution in [-0.2, 0) is 7.05 Å². The average Bonchev–Trinajstić information content (AvgIpc) is 3.08. The molecule has 30 heavy (non-hydrogen) atoms. The Labute approximate surface area is 182 Å². The van der Waals surface area contributed by atoms with Gasteiger partial charge in [-0.3, -0.25) is 9.67 Å². The van der Waals surface area contributed by atoms with Gasteiger partial charge in [-0.15, -0.1) is 0 Å². The number of fused-ring (bicyclic) bond motifs is 1. The molecule has 4 aromatic rings. The minimum atomic E-state index is -0.515. The number of pyridine rings is 1. The second kappa shape index (κ2) is 7.82. The first-order chi connectivity index (χ1) is 14.4. The number of nitrogens with one attached hydrogen (secondary N) is 1. The van der Waals surface area contributed by atoms with Gasteiger partial charge in [-0.25, -0.2) is 4.39 Å². The molecule has 0 aliphatic rings. The average molecular weight is 441 g/mol. The Morgan fingerprint density at radius 1 is 1.17 bits per heavy atom. The third-order valence-electron chi connectivity index (χ3n) is 4.63. The highest BCUT2D eigenvalue weighted by Gasteiger charge is 2.16. The molecule has 0 saturated heterocycles. The minimum absolute atomic E-state index is 0.0120. The smallest absolute Gasteiger partial charge is 0.173 e. The Balaban J connectivity index is 1.84. The summed E-state index contributed by atoms with van der Waals surface area (Å²) in [7, 11) is 3.65. The number of halogens is 3. The number of hydrogen-bond acceptors (Lipinski definition) is 5. The van der Waals surface area contributed by atoms with Crippen molar-refractivity contribution < 1.29 is 4.39 Å². The maximum atomic E-state index is 13.5. The zero-order valence-corrected chi connectivity index (χ0v) is 17.5. The highest BCUT2D eigenvalue weighted by molar-refractivity contribution is 6.33. The maximum Gasteiger partial charge on any atom is 0.173 e. The third-order valence-corrected chi connectivity index (χ3v) is 5.19. The van der Waals surface area contributed by atoms with E-state index in [0.717, 1.165) is 5.69 Å². The van der Waals surface area contributed by atoms with Crippen LogP contribution >= 0.6 is 23.2 Å². The van der Waals surface area contributed by atoms with Crippen molar-refractivity contribution in [3.8, 4) is 6.07 Å². The fraction of sp³-hybridized carbons (Fsp3) is 0.0952. The lowest BCUT2D eigenvalue weighted by molar-refractivity contribution is 0.628. The number of hydrogen-bond donors (Lipinski definition) is 1. The summed E-state index contributed by atoms with van der Waals surface area (Å²) >= 11 is 12.2. The molecule has 0 aliphatic carbocycles. The summed E-state index contributed by atoms with van der Waals surface area (Å²) in [6.07, 6.45) is 3.21. The summed E-state index contributed by atoms with van der Waals surface area (Å²) < 4.78 is 15.2. The maximum absolute atomic E-state index is 13.5. The van der Waals surface area contributed by atoms with Gasteiger partial charge in [0, 0.05) is 43.3 Å². The zero-order valence-electron chi connectivity index (χ0n) is 16.0. The molecule has 4 rings (SSSR count). The van der Waals surface area contributed by atoms with E-state index in [1.807, 2.05) is 30.1 Å². The van der Waals surface area contributed by atoms with E-state index in [0.29, 0.717) is 38.7 Å². The van der Waals surface area contributed by atoms with Gasteiger partial charge in [0.15, 0.2) is 5.82 Å². The Bertz CT molecular complexity index is 1310. The standard InChI is InChI=1S/C21H15Cl2FN6/c1-29-11-17(23)21(28-29)30(2)14-4-6-19-15(8-14)20(12(9-25)10-26-19)27-13-3-5-18(24)16(22)7-13/h3-8,10-11H,1-2H3,(H,26,27). The van der Waals surface area contributed by atoms with Crippen LogP contribution in [0.25, 0.3) is 10.9 Å². The van der Waals surface area contributed by atoms with Gasteiger partial charge in [-0.2, -0.15) is 10.4 Å². The number of aromatic nitrogens is 3. The third kappa shape index (κ3) is 3.63. The molecule has 0 saturated carbocycles. The molecule has 0 spiro atoms. The minimum Gasteiger partial charge on any atom is -0.354 e. The molecule has 6 nitrogen and oxygen atoms in total. The summed E-state index contributed by atoms with van der Waals surface area (Å²) in [5, 5.41) is 18.4. The number of nitrogens with zero attached hydrogens (tertiary/aromatic N) is 5. The molecule has 2 aromatic heterocycles. The molecule has 1 N–H and O–H groups in total. The fourth-order valence-electron chi connectivity index (χ4n) is 3.12. The van der Waals surface area contributed by atoms with Crippen LogP contribution < -0.4 is 10.2 Å². The van der Waals surface area contributed by atoms with E-state index in [1.165, 1.54) is 18.3 Å². The SMILES string of the molecule is CN(c1ccc2ncc(C#N)c(Nc3ccc(F)c(Cl)c3)c2c1)c1nn(C)cc1Cl. The van der Waals surface area contributed by atoms with Crippen molar-refractivity contribution in [2.75, 3.05) is 17.3 Å². The van der Waals surface area contributed by atoms with Gasteiger partial charge in [0.1, 0.15) is 16.9 Å². The predicted molar refractivity (Wildman–Crippen MR) is 117 cm³/mol. The molecule has 2 heterocycles. The van der Waals surface area contributed by atoms with Crippen molar-refractivity contribution in [3.63, 3.8) is 0 Å². The molecule has 0 bridgehead atoms. The molecule has 0 aliphatic heterocycles. The van der Waals surface area contributed by atoms with Gasteiger partial charge in [0.05, 0.1) is 21.8 Å². The van der Waals surface area contributed by atoms with Gasteiger partial charge in [0.25, 0.3) is 0 Å². The number of anilines is 4. The molecule has 2 aromatic carbocycles. The molecular weight excluding hydrogens is 426 g/mol. The lowest BCUT2D eigenvalue weighted by Gasteiger charge is -2.19. The van der Waals surface area contributed by atoms with Crippen LogP contribution in [0.3, 0.4) is 0 Å². The van der Waals surface area contributed by atoms with Crippen LogP contribution in [0.2, 0.25) is 10.0 Å². The molecular formula is C21H15Cl2FN6. The fourth-order valence-corrected chi connectivity index (χ4v) is 3.61. The number of benzene rings is 2. The van der Waals surface area contributed by atoms with Crippen molar-refractivity contribution >= 4 is 57.0 Å². The summed E-state index contributed by atoms with van der Waals surface area (Å²) in [5.74, 6) is 0.0844. The van der Waals surface area contributed by atoms with Crippen LogP contribution in [-0.4, -0.2) is 21.8 Å². The van der Waals surface area contributed by atoms with Crippen LogP contribution in [0.15, 0.2) is 48.8 Å². The monoisotopic (exact) mass is 440 g/mol. The summed E-state index contributed by atoms with van der Waals surface area (Å²) in [5.41, 5.74) is 2.94. The Hall–Kier alpha value is -3.34. The van der Waals surface area contributed by atoms with Gasteiger partial charge in [-0.1, -0.05) is 23.2 Å². The Kier molecular flexibility index (Phi) is 5.20. The van der Waals surface area contributed by atoms with Gasteiger partial charge >= 0.3 is 0 Å². The van der Waals surface area contributed by atoms with Crippen LogP contribution in [0.1, 0.15) is 5.56 Å². The van der Waals surface area contributed by atoms with E-state index in [2.05, 4.69) is 21.5 Å². The normalized spacial score (nSPS) is 10.8. The molecule has 9 heteroatoms. The van der Waals surface area contributed by atoms with E-state index in [1.54, 1.807) is 24.0 Å². The van der Waals surface area contributed by atoms with E-state index in [4.69, 9.17) is 23.2 Å². The van der Waals surface area contributed by atoms with Crippen molar-refractivity contribution in [3.05, 3.63) is 70.2 Å². The van der Waals surface area contributed by atoms with E-state index >= 15 is 0 Å². The number of nitriles is 1. The quantitative estimate of drug-likeness (QED) is 0.434. The largest absolute Gasteiger partial charge is 0.354 e. The highest BCUT2D eigenvalue weighted by Crippen LogP contribution is 2.35. The van der Waals surface area contributed by atoms with Crippen LogP contribution in [0.4, 0.5) is 27.3 Å². The summed E-state index contributed by atoms with van der Waals surface area (Å²) in [6, 6.07) is 12.1. The zero-order chi connectivity index (χ0) is 21.4. The van der Waals surface area contributed by atoms with Gasteiger partial charge < -0.3 is 10.2 Å². The van der Waals surface area contributed by atoms with E-state index < -0.39 is 5.82 Å². The first-order valence-corrected chi connectivity index (χ1v) is 9.61. The van der Waals surface area contributed by atoms with E-state index in [9.17, 15) is 9.65 Å². The van der Waals surface area contributed by atoms with Crippen molar-refractivity contribution in [2.45, 2.75) is 0 Å². The number of aryl methyl sites for hydroxylation is 1. The molecule has 0 amide bonds. The highest BCUT2D eigenvalue weighted by atomic mass is 35.5. The topological polar surface area (TPSA) is 69.8 Å². The van der Waals surface area contributed by atoms with Gasteiger partial charge in [-0.05, 0) is 36.4 Å². The molecule has 0 fully saturated rings. The lowest BCUT2D eigenvalue weighted by atomic mass is 10.1. The number of rotatable bonds is 4. The van der Waals surface area contributed by atoms with Crippen molar-refractivity contribution in [2.24, 2.45) is 7.05 Å². The summed E-state index contributed by atoms with van der Waals surface area (Å²) in [4.78, 5) is 6.21. The van der Waals surface area contributed by atoms with Gasteiger partial charge in [0.2, 0.25) is 0 Å². The predicted octanol–water partition coefficient (Wildman–Crippen LogP) is 5.80. The summed E-state index contributed by atoms with van der Waals surface area (Å²) in [6.45, 7) is 0. The second-order valence-corrected chi connectivity index (χ2v) is 7.46. The Morgan fingerprint density at radius 2 is 1.97 bits per heavy atom. The van der Waals surface area contributed by atoms with Crippen molar-refractivity contribution in [1.82, 2.24) is 14.8 Å².